The summed E-state index contributed by atoms with van der Waals surface area (Å²) in [7, 11) is 0. The second-order valence-electron chi connectivity index (χ2n) is 2.16. The number of rotatable bonds is 0. The highest BCUT2D eigenvalue weighted by Crippen LogP contribution is 2.21. The van der Waals surface area contributed by atoms with Crippen molar-refractivity contribution in [1.29, 1.82) is 0 Å². The van der Waals surface area contributed by atoms with Crippen LogP contribution in [0.2, 0.25) is 0 Å². The van der Waals surface area contributed by atoms with Crippen LogP contribution in [0.4, 0.5) is 0 Å². The number of aliphatic hydroxyl groups is 1. The summed E-state index contributed by atoms with van der Waals surface area (Å²) < 4.78 is 0. The normalized spacial score (nSPS) is 21.1. The summed E-state index contributed by atoms with van der Waals surface area (Å²) in [5, 5.41) is 9.16. The summed E-state index contributed by atoms with van der Waals surface area (Å²) in [5.41, 5.74) is 1.75. The molecular formula is C7H6N2O. The first-order valence-electron chi connectivity index (χ1n) is 3.03. The lowest BCUT2D eigenvalue weighted by Gasteiger charge is -1.98. The fourth-order valence-corrected chi connectivity index (χ4v) is 0.992. The van der Waals surface area contributed by atoms with E-state index in [2.05, 4.69) is 9.98 Å². The van der Waals surface area contributed by atoms with Gasteiger partial charge in [0.05, 0.1) is 0 Å². The number of pyridine rings is 1. The minimum atomic E-state index is -0.669. The van der Waals surface area contributed by atoms with Crippen molar-refractivity contribution in [3.63, 3.8) is 0 Å². The van der Waals surface area contributed by atoms with Crippen molar-refractivity contribution in [2.75, 3.05) is 0 Å². The van der Waals surface area contributed by atoms with Crippen LogP contribution in [0.15, 0.2) is 23.5 Å². The van der Waals surface area contributed by atoms with Gasteiger partial charge in [0.1, 0.15) is 0 Å². The molecule has 2 heterocycles. The molecule has 3 nitrogen and oxygen atoms in total. The summed E-state index contributed by atoms with van der Waals surface area (Å²) in [6.07, 6.45) is 4.30. The first-order valence-corrected chi connectivity index (χ1v) is 3.03. The van der Waals surface area contributed by atoms with Gasteiger partial charge in [-0.05, 0) is 6.07 Å². The molecule has 0 fully saturated rings. The maximum absolute atomic E-state index is 9.16. The molecule has 2 rings (SSSR count). The molecule has 0 bridgehead atoms. The van der Waals surface area contributed by atoms with Crippen LogP contribution in [0.25, 0.3) is 0 Å². The van der Waals surface area contributed by atoms with E-state index in [1.807, 2.05) is 0 Å². The van der Waals surface area contributed by atoms with Gasteiger partial charge in [-0.15, -0.1) is 0 Å². The van der Waals surface area contributed by atoms with E-state index in [1.54, 1.807) is 24.7 Å². The molecule has 0 spiro atoms. The van der Waals surface area contributed by atoms with Gasteiger partial charge in [0.25, 0.3) is 0 Å². The Bertz CT molecular complexity index is 283. The minimum Gasteiger partial charge on any atom is -0.368 e. The molecule has 3 heteroatoms. The lowest BCUT2D eigenvalue weighted by molar-refractivity contribution is 0.193. The Hall–Kier alpha value is -1.22. The second kappa shape index (κ2) is 1.88. The van der Waals surface area contributed by atoms with Crippen LogP contribution in [-0.2, 0) is 0 Å². The third kappa shape index (κ3) is 0.642. The third-order valence-corrected chi connectivity index (χ3v) is 1.52. The van der Waals surface area contributed by atoms with Crippen LogP contribution in [0.1, 0.15) is 17.4 Å². The second-order valence-corrected chi connectivity index (χ2v) is 2.16. The highest BCUT2D eigenvalue weighted by molar-refractivity contribution is 5.84. The fraction of sp³-hybridized carbons (Fsp3) is 0.143. The summed E-state index contributed by atoms with van der Waals surface area (Å²) in [4.78, 5) is 7.68. The van der Waals surface area contributed by atoms with Crippen molar-refractivity contribution in [2.24, 2.45) is 4.99 Å². The Kier molecular flexibility index (Phi) is 1.05. The van der Waals surface area contributed by atoms with Crippen molar-refractivity contribution in [3.05, 3.63) is 29.6 Å². The standard InChI is InChI=1S/C7H6N2O/c10-7-6-1-2-8-3-5(6)4-9-7/h1-4,7,10H. The molecule has 10 heavy (non-hydrogen) atoms. The molecule has 50 valence electrons. The molecule has 0 radical (unpaired) electrons. The molecule has 1 aliphatic heterocycles. The van der Waals surface area contributed by atoms with E-state index in [9.17, 15) is 0 Å². The molecule has 0 saturated heterocycles. The van der Waals surface area contributed by atoms with E-state index in [-0.39, 0.29) is 0 Å². The quantitative estimate of drug-likeness (QED) is 0.561. The number of aromatic nitrogens is 1. The Balaban J connectivity index is 2.59. The number of fused-ring (bicyclic) bond motifs is 1. The van der Waals surface area contributed by atoms with Gasteiger partial charge in [-0.1, -0.05) is 0 Å². The van der Waals surface area contributed by atoms with Crippen molar-refractivity contribution in [1.82, 2.24) is 4.98 Å². The Morgan fingerprint density at radius 1 is 1.50 bits per heavy atom. The molecule has 1 aromatic rings. The maximum atomic E-state index is 9.16. The maximum Gasteiger partial charge on any atom is 0.171 e. The van der Waals surface area contributed by atoms with Gasteiger partial charge >= 0.3 is 0 Å². The first kappa shape index (κ1) is 5.56. The van der Waals surface area contributed by atoms with Gasteiger partial charge in [0.15, 0.2) is 6.23 Å². The van der Waals surface area contributed by atoms with Crippen molar-refractivity contribution in [2.45, 2.75) is 6.23 Å². The fourth-order valence-electron chi connectivity index (χ4n) is 0.992. The molecular weight excluding hydrogens is 128 g/mol. The number of aliphatic hydroxyl groups excluding tert-OH is 1. The number of nitrogens with zero attached hydrogens (tertiary/aromatic N) is 2. The highest BCUT2D eigenvalue weighted by atomic mass is 16.3. The van der Waals surface area contributed by atoms with Gasteiger partial charge in [-0.25, -0.2) is 0 Å². The molecule has 0 saturated carbocycles. The first-order chi connectivity index (χ1) is 4.88. The van der Waals surface area contributed by atoms with E-state index >= 15 is 0 Å². The van der Waals surface area contributed by atoms with Crippen molar-refractivity contribution in [3.8, 4) is 0 Å². The average molecular weight is 134 g/mol. The van der Waals surface area contributed by atoms with Gasteiger partial charge in [-0.2, -0.15) is 0 Å². The lowest BCUT2D eigenvalue weighted by atomic mass is 10.2. The molecule has 1 aromatic heterocycles. The van der Waals surface area contributed by atoms with E-state index in [0.29, 0.717) is 0 Å². The predicted molar refractivity (Wildman–Crippen MR) is 36.8 cm³/mol. The van der Waals surface area contributed by atoms with Crippen LogP contribution in [0, 0.1) is 0 Å². The van der Waals surface area contributed by atoms with E-state index in [1.165, 1.54) is 0 Å². The molecule has 1 aliphatic rings. The van der Waals surface area contributed by atoms with Gasteiger partial charge < -0.3 is 5.11 Å². The number of hydrogen-bond donors (Lipinski definition) is 1. The Labute approximate surface area is 58.1 Å². The van der Waals surface area contributed by atoms with Crippen molar-refractivity contribution >= 4 is 6.21 Å². The Morgan fingerprint density at radius 2 is 2.40 bits per heavy atom. The van der Waals surface area contributed by atoms with Crippen LogP contribution >= 0.6 is 0 Å². The Morgan fingerprint density at radius 3 is 3.20 bits per heavy atom. The molecule has 1 N–H and O–H groups in total. The van der Waals surface area contributed by atoms with Gasteiger partial charge in [0.2, 0.25) is 0 Å². The monoisotopic (exact) mass is 134 g/mol. The lowest BCUT2D eigenvalue weighted by Crippen LogP contribution is -1.90. The summed E-state index contributed by atoms with van der Waals surface area (Å²) in [6.45, 7) is 0. The zero-order valence-electron chi connectivity index (χ0n) is 5.23. The topological polar surface area (TPSA) is 45.5 Å². The molecule has 0 aromatic carbocycles. The van der Waals surface area contributed by atoms with Crippen LogP contribution in [0.5, 0.6) is 0 Å². The summed E-state index contributed by atoms with van der Waals surface area (Å²) >= 11 is 0. The smallest absolute Gasteiger partial charge is 0.171 e. The van der Waals surface area contributed by atoms with Crippen molar-refractivity contribution < 1.29 is 5.11 Å². The van der Waals surface area contributed by atoms with Crippen LogP contribution in [0.3, 0.4) is 0 Å². The molecule has 0 amide bonds. The summed E-state index contributed by atoms with van der Waals surface area (Å²) in [5.74, 6) is 0. The van der Waals surface area contributed by atoms with Crippen LogP contribution < -0.4 is 0 Å². The predicted octanol–water partition coefficient (Wildman–Crippen LogP) is 0.505. The number of hydrogen-bond acceptors (Lipinski definition) is 3. The molecule has 0 aliphatic carbocycles. The third-order valence-electron chi connectivity index (χ3n) is 1.52. The molecule has 1 atom stereocenters. The zero-order valence-corrected chi connectivity index (χ0v) is 5.23. The minimum absolute atomic E-state index is 0.669. The van der Waals surface area contributed by atoms with E-state index in [4.69, 9.17) is 5.11 Å². The van der Waals surface area contributed by atoms with Gasteiger partial charge in [-0.3, -0.25) is 9.98 Å². The largest absolute Gasteiger partial charge is 0.368 e. The SMILES string of the molecule is OC1N=Cc2cnccc21. The van der Waals surface area contributed by atoms with E-state index in [0.717, 1.165) is 11.1 Å². The zero-order chi connectivity index (χ0) is 6.97. The highest BCUT2D eigenvalue weighted by Gasteiger charge is 2.13. The van der Waals surface area contributed by atoms with Gasteiger partial charge in [0, 0.05) is 29.7 Å². The summed E-state index contributed by atoms with van der Waals surface area (Å²) in [6, 6.07) is 1.77. The molecule has 1 unspecified atom stereocenters. The number of aliphatic imine (C=N–C) groups is 1. The van der Waals surface area contributed by atoms with Crippen LogP contribution in [-0.4, -0.2) is 16.3 Å². The van der Waals surface area contributed by atoms with E-state index < -0.39 is 6.23 Å². The average Bonchev–Trinajstić information content (AvgIpc) is 2.34.